The summed E-state index contributed by atoms with van der Waals surface area (Å²) in [5.41, 5.74) is 1.43. The number of hydrogen-bond acceptors (Lipinski definition) is 3. The van der Waals surface area contributed by atoms with Crippen LogP contribution in [0.25, 0.3) is 0 Å². The van der Waals surface area contributed by atoms with Gasteiger partial charge in [-0.25, -0.2) is 0 Å². The summed E-state index contributed by atoms with van der Waals surface area (Å²) in [5.74, 6) is -0.693. The molecule has 0 radical (unpaired) electrons. The molecule has 0 spiro atoms. The largest absolute Gasteiger partial charge is 0.469 e. The van der Waals surface area contributed by atoms with E-state index in [0.29, 0.717) is 5.56 Å². The highest BCUT2D eigenvalue weighted by atomic mass is 16.5. The van der Waals surface area contributed by atoms with Gasteiger partial charge in [-0.05, 0) is 11.0 Å². The van der Waals surface area contributed by atoms with Gasteiger partial charge in [0, 0.05) is 5.56 Å². The molecule has 0 aromatic heterocycles. The number of carbonyl (C=O) groups is 2. The summed E-state index contributed by atoms with van der Waals surface area (Å²) < 4.78 is 4.51. The monoisotopic (exact) mass is 234 g/mol. The summed E-state index contributed by atoms with van der Waals surface area (Å²) in [5, 5.41) is 0. The number of Topliss-reactive ketones (excluding diaryl/α,β-unsaturated/α-hetero) is 1. The quantitative estimate of drug-likeness (QED) is 0.459. The molecular formula is C14H18O3. The van der Waals surface area contributed by atoms with Gasteiger partial charge in [-0.1, -0.05) is 45.0 Å². The number of carbonyl (C=O) groups excluding carboxylic acids is 2. The molecule has 1 aromatic rings. The van der Waals surface area contributed by atoms with E-state index in [1.807, 2.05) is 32.9 Å². The van der Waals surface area contributed by atoms with Gasteiger partial charge in [-0.3, -0.25) is 9.59 Å². The minimum absolute atomic E-state index is 0.123. The van der Waals surface area contributed by atoms with Gasteiger partial charge in [0.05, 0.1) is 7.11 Å². The molecule has 0 saturated carbocycles. The first-order chi connectivity index (χ1) is 7.86. The van der Waals surface area contributed by atoms with Crippen molar-refractivity contribution in [2.45, 2.75) is 32.6 Å². The van der Waals surface area contributed by atoms with E-state index in [4.69, 9.17) is 0 Å². The van der Waals surface area contributed by atoms with Gasteiger partial charge in [0.2, 0.25) is 0 Å². The molecule has 1 rings (SSSR count). The molecule has 17 heavy (non-hydrogen) atoms. The second kappa shape index (κ2) is 5.13. The third-order valence-electron chi connectivity index (χ3n) is 2.57. The number of benzene rings is 1. The predicted molar refractivity (Wildman–Crippen MR) is 66.1 cm³/mol. The minimum Gasteiger partial charge on any atom is -0.469 e. The SMILES string of the molecule is COC(=O)CC(=O)c1ccccc1C(C)(C)C. The molecule has 0 aliphatic heterocycles. The summed E-state index contributed by atoms with van der Waals surface area (Å²) in [4.78, 5) is 23.1. The van der Waals surface area contributed by atoms with Crippen LogP contribution in [0.15, 0.2) is 24.3 Å². The molecule has 3 heteroatoms. The van der Waals surface area contributed by atoms with Crippen LogP contribution in [-0.2, 0) is 14.9 Å². The Morgan fingerprint density at radius 1 is 1.18 bits per heavy atom. The van der Waals surface area contributed by atoms with Crippen molar-refractivity contribution in [1.82, 2.24) is 0 Å². The van der Waals surface area contributed by atoms with Gasteiger partial charge in [0.25, 0.3) is 0 Å². The number of ether oxygens (including phenoxy) is 1. The number of hydrogen-bond donors (Lipinski definition) is 0. The zero-order chi connectivity index (χ0) is 13.1. The molecule has 0 aliphatic carbocycles. The highest BCUT2D eigenvalue weighted by molar-refractivity contribution is 6.06. The zero-order valence-electron chi connectivity index (χ0n) is 10.7. The average molecular weight is 234 g/mol. The molecule has 0 unspecified atom stereocenters. The first kappa shape index (κ1) is 13.4. The second-order valence-corrected chi connectivity index (χ2v) is 4.97. The fraction of sp³-hybridized carbons (Fsp3) is 0.429. The normalized spacial score (nSPS) is 11.1. The fourth-order valence-electron chi connectivity index (χ4n) is 1.68. The lowest BCUT2D eigenvalue weighted by Gasteiger charge is -2.22. The number of rotatable bonds is 3. The van der Waals surface area contributed by atoms with Crippen LogP contribution in [0, 0.1) is 0 Å². The van der Waals surface area contributed by atoms with Crippen LogP contribution in [-0.4, -0.2) is 18.9 Å². The summed E-state index contributed by atoms with van der Waals surface area (Å²) >= 11 is 0. The first-order valence-corrected chi connectivity index (χ1v) is 5.56. The van der Waals surface area contributed by atoms with Gasteiger partial charge in [-0.15, -0.1) is 0 Å². The van der Waals surface area contributed by atoms with E-state index in [2.05, 4.69) is 4.74 Å². The van der Waals surface area contributed by atoms with E-state index in [-0.39, 0.29) is 17.6 Å². The minimum atomic E-state index is -0.501. The Kier molecular flexibility index (Phi) is 4.05. The Balaban J connectivity index is 3.06. The van der Waals surface area contributed by atoms with Gasteiger partial charge < -0.3 is 4.74 Å². The topological polar surface area (TPSA) is 43.4 Å². The van der Waals surface area contributed by atoms with Crippen LogP contribution < -0.4 is 0 Å². The Bertz CT molecular complexity index is 427. The summed E-state index contributed by atoms with van der Waals surface area (Å²) in [6.45, 7) is 6.12. The molecule has 0 amide bonds. The number of ketones is 1. The lowest BCUT2D eigenvalue weighted by Crippen LogP contribution is -2.18. The van der Waals surface area contributed by atoms with Crippen LogP contribution in [0.1, 0.15) is 43.1 Å². The van der Waals surface area contributed by atoms with Crippen LogP contribution in [0.2, 0.25) is 0 Å². The summed E-state index contributed by atoms with van der Waals surface area (Å²) in [6, 6.07) is 7.38. The molecule has 0 bridgehead atoms. The zero-order valence-corrected chi connectivity index (χ0v) is 10.7. The van der Waals surface area contributed by atoms with Crippen LogP contribution >= 0.6 is 0 Å². The fourth-order valence-corrected chi connectivity index (χ4v) is 1.68. The standard InChI is InChI=1S/C14H18O3/c1-14(2,3)11-8-6-5-7-10(11)12(15)9-13(16)17-4/h5-8H,9H2,1-4H3. The first-order valence-electron chi connectivity index (χ1n) is 5.56. The third-order valence-corrected chi connectivity index (χ3v) is 2.57. The third kappa shape index (κ3) is 3.41. The van der Waals surface area contributed by atoms with E-state index < -0.39 is 5.97 Å². The van der Waals surface area contributed by atoms with Crippen molar-refractivity contribution >= 4 is 11.8 Å². The van der Waals surface area contributed by atoms with Crippen LogP contribution in [0.3, 0.4) is 0 Å². The molecule has 0 atom stereocenters. The van der Waals surface area contributed by atoms with Crippen molar-refractivity contribution in [3.05, 3.63) is 35.4 Å². The number of esters is 1. The Labute approximate surface area is 102 Å². The lowest BCUT2D eigenvalue weighted by molar-refractivity contribution is -0.139. The van der Waals surface area contributed by atoms with E-state index in [9.17, 15) is 9.59 Å². The maximum atomic E-state index is 12.0. The molecule has 0 heterocycles. The van der Waals surface area contributed by atoms with Crippen molar-refractivity contribution in [3.63, 3.8) is 0 Å². The molecule has 3 nitrogen and oxygen atoms in total. The Hall–Kier alpha value is -1.64. The molecule has 92 valence electrons. The molecule has 0 fully saturated rings. The summed E-state index contributed by atoms with van der Waals surface area (Å²) in [6.07, 6.45) is -0.205. The maximum absolute atomic E-state index is 12.0. The second-order valence-electron chi connectivity index (χ2n) is 4.97. The van der Waals surface area contributed by atoms with E-state index in [0.717, 1.165) is 5.56 Å². The molecule has 1 aromatic carbocycles. The Morgan fingerprint density at radius 3 is 2.29 bits per heavy atom. The number of methoxy groups -OCH3 is 1. The van der Waals surface area contributed by atoms with Gasteiger partial charge >= 0.3 is 5.97 Å². The predicted octanol–water partition coefficient (Wildman–Crippen LogP) is 2.73. The van der Waals surface area contributed by atoms with Crippen LogP contribution in [0.5, 0.6) is 0 Å². The molecule has 0 N–H and O–H groups in total. The van der Waals surface area contributed by atoms with Crippen molar-refractivity contribution < 1.29 is 14.3 Å². The van der Waals surface area contributed by atoms with Crippen molar-refractivity contribution in [2.24, 2.45) is 0 Å². The molecule has 0 saturated heterocycles. The Morgan fingerprint density at radius 2 is 1.76 bits per heavy atom. The van der Waals surface area contributed by atoms with Gasteiger partial charge in [0.15, 0.2) is 5.78 Å². The van der Waals surface area contributed by atoms with Crippen molar-refractivity contribution in [1.29, 1.82) is 0 Å². The smallest absolute Gasteiger partial charge is 0.313 e. The lowest BCUT2D eigenvalue weighted by atomic mass is 9.82. The molecular weight excluding hydrogens is 216 g/mol. The van der Waals surface area contributed by atoms with Crippen LogP contribution in [0.4, 0.5) is 0 Å². The highest BCUT2D eigenvalue weighted by Crippen LogP contribution is 2.26. The average Bonchev–Trinajstić information content (AvgIpc) is 2.27. The summed E-state index contributed by atoms with van der Waals surface area (Å²) in [7, 11) is 1.28. The van der Waals surface area contributed by atoms with Crippen molar-refractivity contribution in [2.75, 3.05) is 7.11 Å². The van der Waals surface area contributed by atoms with Gasteiger partial charge in [-0.2, -0.15) is 0 Å². The maximum Gasteiger partial charge on any atom is 0.313 e. The van der Waals surface area contributed by atoms with Crippen molar-refractivity contribution in [3.8, 4) is 0 Å². The van der Waals surface area contributed by atoms with E-state index in [1.165, 1.54) is 7.11 Å². The highest BCUT2D eigenvalue weighted by Gasteiger charge is 2.22. The van der Waals surface area contributed by atoms with E-state index >= 15 is 0 Å². The van der Waals surface area contributed by atoms with E-state index in [1.54, 1.807) is 12.1 Å². The van der Waals surface area contributed by atoms with Gasteiger partial charge in [0.1, 0.15) is 6.42 Å². The molecule has 0 aliphatic rings.